The quantitative estimate of drug-likeness (QED) is 0.786. The molecule has 0 aliphatic heterocycles. The van der Waals surface area contributed by atoms with Crippen LogP contribution in [0.4, 0.5) is 0 Å². The second-order valence-corrected chi connectivity index (χ2v) is 4.15. The third-order valence-electron chi connectivity index (χ3n) is 2.43. The largest absolute Gasteiger partial charge is 0.487 e. The summed E-state index contributed by atoms with van der Waals surface area (Å²) in [5.74, 6) is 0.666. The van der Waals surface area contributed by atoms with E-state index in [0.29, 0.717) is 23.0 Å². The number of allylic oxidation sites excluding steroid dienone is 1. The zero-order valence-corrected chi connectivity index (χ0v) is 10.8. The molecule has 0 atom stereocenters. The lowest BCUT2D eigenvalue weighted by Crippen LogP contribution is -2.07. The summed E-state index contributed by atoms with van der Waals surface area (Å²) in [6.45, 7) is 4.33. The second kappa shape index (κ2) is 6.03. The maximum atomic E-state index is 8.97. The molecule has 0 unspecified atom stereocenters. The number of hydrogen-bond donors (Lipinski definition) is 0. The first-order valence-electron chi connectivity index (χ1n) is 5.56. The first-order chi connectivity index (χ1) is 9.24. The topological polar surface area (TPSA) is 63.7 Å². The maximum absolute atomic E-state index is 8.97. The molecule has 6 heteroatoms. The van der Waals surface area contributed by atoms with E-state index >= 15 is 0 Å². The molecule has 1 aromatic heterocycles. The molecule has 0 aliphatic rings. The molecule has 0 bridgehead atoms. The van der Waals surface area contributed by atoms with Gasteiger partial charge in [0.05, 0.1) is 6.54 Å². The highest BCUT2D eigenvalue weighted by atomic mass is 35.5. The van der Waals surface area contributed by atoms with Crippen molar-refractivity contribution in [3.63, 3.8) is 0 Å². The van der Waals surface area contributed by atoms with E-state index in [2.05, 4.69) is 16.9 Å². The number of nitrogens with zero attached hydrogens (tertiary/aromatic N) is 4. The standard InChI is InChI=1S/C13H11ClN4O/c1-2-7-18-13(12(8-15)16-17-18)9-19-11-5-3-10(14)4-6-11/h2-6H,1,7,9H2. The molecule has 0 spiro atoms. The highest BCUT2D eigenvalue weighted by Gasteiger charge is 2.12. The normalized spacial score (nSPS) is 9.89. The highest BCUT2D eigenvalue weighted by Crippen LogP contribution is 2.17. The van der Waals surface area contributed by atoms with Crippen molar-refractivity contribution in [1.82, 2.24) is 15.0 Å². The van der Waals surface area contributed by atoms with E-state index in [1.807, 2.05) is 6.07 Å². The monoisotopic (exact) mass is 274 g/mol. The minimum atomic E-state index is 0.214. The smallest absolute Gasteiger partial charge is 0.189 e. The summed E-state index contributed by atoms with van der Waals surface area (Å²) < 4.78 is 7.17. The van der Waals surface area contributed by atoms with Crippen molar-refractivity contribution in [2.24, 2.45) is 0 Å². The van der Waals surface area contributed by atoms with Crippen LogP contribution in [-0.2, 0) is 13.2 Å². The molecule has 19 heavy (non-hydrogen) atoms. The van der Waals surface area contributed by atoms with Gasteiger partial charge in [0.25, 0.3) is 0 Å². The Morgan fingerprint density at radius 3 is 2.79 bits per heavy atom. The number of rotatable bonds is 5. The van der Waals surface area contributed by atoms with Crippen molar-refractivity contribution < 1.29 is 4.74 Å². The van der Waals surface area contributed by atoms with Crippen LogP contribution in [0.15, 0.2) is 36.9 Å². The fraction of sp³-hybridized carbons (Fsp3) is 0.154. The van der Waals surface area contributed by atoms with E-state index in [4.69, 9.17) is 21.6 Å². The van der Waals surface area contributed by atoms with Crippen molar-refractivity contribution in [2.45, 2.75) is 13.2 Å². The Kier molecular flexibility index (Phi) is 4.16. The number of halogens is 1. The van der Waals surface area contributed by atoms with Gasteiger partial charge in [-0.1, -0.05) is 22.9 Å². The van der Waals surface area contributed by atoms with Crippen molar-refractivity contribution in [3.8, 4) is 11.8 Å². The van der Waals surface area contributed by atoms with Gasteiger partial charge in [0, 0.05) is 5.02 Å². The summed E-state index contributed by atoms with van der Waals surface area (Å²) in [7, 11) is 0. The average Bonchev–Trinajstić information content (AvgIpc) is 2.81. The van der Waals surface area contributed by atoms with Crippen molar-refractivity contribution in [3.05, 3.63) is 53.3 Å². The maximum Gasteiger partial charge on any atom is 0.189 e. The SMILES string of the molecule is C=CCn1nnc(C#N)c1COc1ccc(Cl)cc1. The van der Waals surface area contributed by atoms with Crippen LogP contribution in [-0.4, -0.2) is 15.0 Å². The zero-order valence-electron chi connectivity index (χ0n) is 10.1. The predicted octanol–water partition coefficient (Wildman–Crippen LogP) is 2.57. The third-order valence-corrected chi connectivity index (χ3v) is 2.69. The molecule has 0 aliphatic carbocycles. The van der Waals surface area contributed by atoms with Gasteiger partial charge in [-0.25, -0.2) is 4.68 Å². The number of aromatic nitrogens is 3. The molecule has 0 N–H and O–H groups in total. The lowest BCUT2D eigenvalue weighted by Gasteiger charge is -2.07. The summed E-state index contributed by atoms with van der Waals surface area (Å²) in [5, 5.41) is 17.3. The lowest BCUT2D eigenvalue weighted by molar-refractivity contribution is 0.293. The summed E-state index contributed by atoms with van der Waals surface area (Å²) in [6, 6.07) is 8.98. The first-order valence-corrected chi connectivity index (χ1v) is 5.94. The lowest BCUT2D eigenvalue weighted by atomic mass is 10.3. The Labute approximate surface area is 115 Å². The van der Waals surface area contributed by atoms with Gasteiger partial charge in [0.2, 0.25) is 0 Å². The van der Waals surface area contributed by atoms with Gasteiger partial charge >= 0.3 is 0 Å². The van der Waals surface area contributed by atoms with Crippen LogP contribution in [0.25, 0.3) is 0 Å². The molecule has 0 fully saturated rings. The molecule has 96 valence electrons. The number of nitriles is 1. The first kappa shape index (κ1) is 13.1. The molecular weight excluding hydrogens is 264 g/mol. The molecule has 2 rings (SSSR count). The van der Waals surface area contributed by atoms with E-state index in [1.165, 1.54) is 0 Å². The minimum absolute atomic E-state index is 0.214. The van der Waals surface area contributed by atoms with Gasteiger partial charge in [0.15, 0.2) is 5.69 Å². The summed E-state index contributed by atoms with van der Waals surface area (Å²) >= 11 is 5.79. The fourth-order valence-electron chi connectivity index (χ4n) is 1.51. The van der Waals surface area contributed by atoms with Crippen LogP contribution >= 0.6 is 11.6 Å². The molecule has 1 aromatic carbocycles. The van der Waals surface area contributed by atoms with Crippen LogP contribution in [0, 0.1) is 11.3 Å². The number of benzene rings is 1. The van der Waals surface area contributed by atoms with Gasteiger partial charge < -0.3 is 4.74 Å². The Bertz CT molecular complexity index is 613. The van der Waals surface area contributed by atoms with E-state index < -0.39 is 0 Å². The van der Waals surface area contributed by atoms with Gasteiger partial charge in [-0.15, -0.1) is 11.7 Å². The van der Waals surface area contributed by atoms with Crippen LogP contribution in [0.5, 0.6) is 5.75 Å². The third kappa shape index (κ3) is 3.12. The van der Waals surface area contributed by atoms with Crippen molar-refractivity contribution >= 4 is 11.6 Å². The average molecular weight is 275 g/mol. The Balaban J connectivity index is 2.14. The molecular formula is C13H11ClN4O. The van der Waals surface area contributed by atoms with Crippen LogP contribution < -0.4 is 4.74 Å². The number of ether oxygens (including phenoxy) is 1. The molecule has 0 radical (unpaired) electrons. The van der Waals surface area contributed by atoms with Crippen LogP contribution in [0.1, 0.15) is 11.4 Å². The van der Waals surface area contributed by atoms with E-state index in [9.17, 15) is 0 Å². The minimum Gasteiger partial charge on any atom is -0.487 e. The van der Waals surface area contributed by atoms with Crippen molar-refractivity contribution in [2.75, 3.05) is 0 Å². The van der Waals surface area contributed by atoms with E-state index in [0.717, 1.165) is 0 Å². The molecule has 0 saturated heterocycles. The Hall–Kier alpha value is -2.32. The molecule has 2 aromatic rings. The molecule has 0 amide bonds. The van der Waals surface area contributed by atoms with Gasteiger partial charge in [-0.2, -0.15) is 5.26 Å². The van der Waals surface area contributed by atoms with Crippen molar-refractivity contribution in [1.29, 1.82) is 5.26 Å². The summed E-state index contributed by atoms with van der Waals surface area (Å²) in [6.07, 6.45) is 1.68. The molecule has 1 heterocycles. The molecule has 5 nitrogen and oxygen atoms in total. The second-order valence-electron chi connectivity index (χ2n) is 3.71. The van der Waals surface area contributed by atoms with Gasteiger partial charge in [-0.05, 0) is 24.3 Å². The van der Waals surface area contributed by atoms with Crippen LogP contribution in [0.3, 0.4) is 0 Å². The van der Waals surface area contributed by atoms with E-state index in [1.54, 1.807) is 35.0 Å². The Morgan fingerprint density at radius 1 is 1.42 bits per heavy atom. The molecule has 0 saturated carbocycles. The highest BCUT2D eigenvalue weighted by molar-refractivity contribution is 6.30. The summed E-state index contributed by atoms with van der Waals surface area (Å²) in [5.41, 5.74) is 0.883. The van der Waals surface area contributed by atoms with Gasteiger partial charge in [-0.3, -0.25) is 0 Å². The van der Waals surface area contributed by atoms with E-state index in [-0.39, 0.29) is 12.3 Å². The predicted molar refractivity (Wildman–Crippen MR) is 70.7 cm³/mol. The zero-order chi connectivity index (χ0) is 13.7. The fourth-order valence-corrected chi connectivity index (χ4v) is 1.64. The summed E-state index contributed by atoms with van der Waals surface area (Å²) in [4.78, 5) is 0. The Morgan fingerprint density at radius 2 is 2.16 bits per heavy atom. The van der Waals surface area contributed by atoms with Crippen LogP contribution in [0.2, 0.25) is 5.02 Å². The number of hydrogen-bond acceptors (Lipinski definition) is 4. The van der Waals surface area contributed by atoms with Gasteiger partial charge in [0.1, 0.15) is 24.1 Å².